The molecule has 1 aliphatic rings. The van der Waals surface area contributed by atoms with Gasteiger partial charge in [0.25, 0.3) is 0 Å². The number of methoxy groups -OCH3 is 2. The summed E-state index contributed by atoms with van der Waals surface area (Å²) in [6.45, 7) is 0.293. The van der Waals surface area contributed by atoms with Crippen molar-refractivity contribution in [3.8, 4) is 16.9 Å². The van der Waals surface area contributed by atoms with Gasteiger partial charge in [-0.3, -0.25) is 4.79 Å². The summed E-state index contributed by atoms with van der Waals surface area (Å²) < 4.78 is 18.2. The number of benzene rings is 1. The second-order valence-electron chi connectivity index (χ2n) is 7.23. The van der Waals surface area contributed by atoms with E-state index in [9.17, 15) is 4.79 Å². The summed E-state index contributed by atoms with van der Waals surface area (Å²) in [5, 5.41) is 13.4. The molecule has 152 valence electrons. The van der Waals surface area contributed by atoms with Crippen LogP contribution < -0.4 is 4.74 Å². The molecule has 0 bridgehead atoms. The van der Waals surface area contributed by atoms with Gasteiger partial charge >= 0.3 is 0 Å². The molecule has 0 saturated carbocycles. The molecular formula is C22H20N4O4. The van der Waals surface area contributed by atoms with Crippen molar-refractivity contribution in [1.29, 1.82) is 0 Å². The van der Waals surface area contributed by atoms with E-state index < -0.39 is 0 Å². The number of carbonyl (C=O) groups is 1. The van der Waals surface area contributed by atoms with Gasteiger partial charge in [0, 0.05) is 31.4 Å². The number of aromatic nitrogens is 4. The van der Waals surface area contributed by atoms with Gasteiger partial charge < -0.3 is 13.9 Å². The lowest BCUT2D eigenvalue weighted by Crippen LogP contribution is -2.24. The van der Waals surface area contributed by atoms with Crippen molar-refractivity contribution in [1.82, 2.24) is 19.8 Å². The number of rotatable bonds is 5. The van der Waals surface area contributed by atoms with Gasteiger partial charge in [0.2, 0.25) is 0 Å². The van der Waals surface area contributed by atoms with Crippen LogP contribution in [0.2, 0.25) is 0 Å². The molecular weight excluding hydrogens is 384 g/mol. The highest BCUT2D eigenvalue weighted by molar-refractivity contribution is 5.97. The fourth-order valence-corrected chi connectivity index (χ4v) is 4.10. The van der Waals surface area contributed by atoms with E-state index in [0.717, 1.165) is 22.6 Å². The van der Waals surface area contributed by atoms with E-state index in [1.54, 1.807) is 25.0 Å². The van der Waals surface area contributed by atoms with Crippen LogP contribution in [0.3, 0.4) is 0 Å². The molecule has 5 rings (SSSR count). The summed E-state index contributed by atoms with van der Waals surface area (Å²) in [5.74, 6) is 1.37. The third kappa shape index (κ3) is 2.88. The second-order valence-corrected chi connectivity index (χ2v) is 7.23. The molecule has 1 aromatic carbocycles. The Bertz CT molecular complexity index is 1230. The van der Waals surface area contributed by atoms with Crippen LogP contribution in [0.1, 0.15) is 40.0 Å². The van der Waals surface area contributed by atoms with Crippen molar-refractivity contribution in [3.63, 3.8) is 0 Å². The molecule has 0 saturated heterocycles. The molecule has 8 nitrogen and oxygen atoms in total. The minimum atomic E-state index is -0.0605. The molecule has 0 fully saturated rings. The van der Waals surface area contributed by atoms with Crippen molar-refractivity contribution in [3.05, 3.63) is 65.5 Å². The summed E-state index contributed by atoms with van der Waals surface area (Å²) in [4.78, 5) is 12.8. The molecule has 0 aliphatic heterocycles. The van der Waals surface area contributed by atoms with Gasteiger partial charge in [0.05, 0.1) is 36.9 Å². The molecule has 3 heterocycles. The van der Waals surface area contributed by atoms with Crippen LogP contribution in [0, 0.1) is 0 Å². The van der Waals surface area contributed by atoms with Gasteiger partial charge in [-0.25, -0.2) is 4.52 Å². The normalized spacial score (nSPS) is 16.1. The monoisotopic (exact) mass is 404 g/mol. The minimum absolute atomic E-state index is 0.0582. The average Bonchev–Trinajstić information content (AvgIpc) is 3.42. The maximum Gasteiger partial charge on any atom is 0.186 e. The first-order valence-corrected chi connectivity index (χ1v) is 9.67. The fourth-order valence-electron chi connectivity index (χ4n) is 4.10. The lowest BCUT2D eigenvalue weighted by atomic mass is 9.87. The van der Waals surface area contributed by atoms with Crippen LogP contribution in [0.15, 0.2) is 47.1 Å². The molecule has 4 aromatic rings. The topological polar surface area (TPSA) is 91.8 Å². The quantitative estimate of drug-likeness (QED) is 0.503. The van der Waals surface area contributed by atoms with Crippen LogP contribution in [0.25, 0.3) is 16.8 Å². The van der Waals surface area contributed by atoms with Crippen LogP contribution in [-0.2, 0) is 17.8 Å². The minimum Gasteiger partial charge on any atom is -0.496 e. The molecule has 0 spiro atoms. The number of Topliss-reactive ketones (excluding diaryl/α,β-unsaturated/α-hetero) is 1. The predicted octanol–water partition coefficient (Wildman–Crippen LogP) is 3.45. The first-order chi connectivity index (χ1) is 14.7. The number of ether oxygens (including phenoxy) is 2. The van der Waals surface area contributed by atoms with Gasteiger partial charge in [0.15, 0.2) is 17.1 Å². The van der Waals surface area contributed by atoms with E-state index in [4.69, 9.17) is 19.0 Å². The molecule has 0 N–H and O–H groups in total. The Morgan fingerprint density at radius 1 is 1.13 bits per heavy atom. The predicted molar refractivity (Wildman–Crippen MR) is 108 cm³/mol. The number of hydrogen-bond acceptors (Lipinski definition) is 7. The molecule has 0 amide bonds. The number of para-hydroxylation sites is 1. The van der Waals surface area contributed by atoms with E-state index in [2.05, 4.69) is 10.2 Å². The van der Waals surface area contributed by atoms with Gasteiger partial charge in [-0.2, -0.15) is 5.10 Å². The molecule has 0 radical (unpaired) electrons. The van der Waals surface area contributed by atoms with Crippen molar-refractivity contribution >= 4 is 11.4 Å². The summed E-state index contributed by atoms with van der Waals surface area (Å²) in [6, 6.07) is 11.4. The van der Waals surface area contributed by atoms with Gasteiger partial charge in [-0.05, 0) is 18.2 Å². The number of nitrogens with zero attached hydrogens (tertiary/aromatic N) is 4. The van der Waals surface area contributed by atoms with Crippen LogP contribution >= 0.6 is 0 Å². The Morgan fingerprint density at radius 2 is 2.00 bits per heavy atom. The van der Waals surface area contributed by atoms with Crippen molar-refractivity contribution < 1.29 is 18.7 Å². The zero-order valence-electron chi connectivity index (χ0n) is 16.7. The second kappa shape index (κ2) is 7.38. The molecule has 8 heteroatoms. The number of ketones is 1. The maximum atomic E-state index is 12.8. The van der Waals surface area contributed by atoms with Crippen molar-refractivity contribution in [2.75, 3.05) is 14.2 Å². The lowest BCUT2D eigenvalue weighted by molar-refractivity contribution is 0.0951. The van der Waals surface area contributed by atoms with E-state index in [1.165, 1.54) is 0 Å². The average molecular weight is 404 g/mol. The van der Waals surface area contributed by atoms with E-state index >= 15 is 0 Å². The first-order valence-electron chi connectivity index (χ1n) is 9.67. The Hall–Kier alpha value is -3.52. The van der Waals surface area contributed by atoms with Gasteiger partial charge in [0.1, 0.15) is 11.5 Å². The Balaban J connectivity index is 1.73. The van der Waals surface area contributed by atoms with E-state index in [1.807, 2.05) is 36.4 Å². The van der Waals surface area contributed by atoms with Crippen LogP contribution in [0.4, 0.5) is 0 Å². The third-order valence-corrected chi connectivity index (χ3v) is 5.45. The standard InChI is InChI=1S/C22H20N4O4/c1-28-12-15-20(14-6-3-4-7-19(14)29-2)22-24-23-21-16(26(22)25-15)10-13(11-17(21)27)18-8-5-9-30-18/h3-9,13H,10-12H2,1-2H3. The zero-order chi connectivity index (χ0) is 20.7. The van der Waals surface area contributed by atoms with E-state index in [0.29, 0.717) is 42.2 Å². The smallest absolute Gasteiger partial charge is 0.186 e. The highest BCUT2D eigenvalue weighted by atomic mass is 16.5. The molecule has 1 unspecified atom stereocenters. The van der Waals surface area contributed by atoms with Crippen molar-refractivity contribution in [2.45, 2.75) is 25.4 Å². The Labute approximate surface area is 172 Å². The highest BCUT2D eigenvalue weighted by Gasteiger charge is 2.33. The fraction of sp³-hybridized carbons (Fsp3) is 0.273. The zero-order valence-corrected chi connectivity index (χ0v) is 16.7. The van der Waals surface area contributed by atoms with Gasteiger partial charge in [-0.1, -0.05) is 18.2 Å². The number of hydrogen-bond donors (Lipinski definition) is 0. The maximum absolute atomic E-state index is 12.8. The summed E-state index contributed by atoms with van der Waals surface area (Å²) in [5.41, 5.74) is 4.01. The SMILES string of the molecule is COCc1nn2c3c(nnc2c1-c1ccccc1OC)C(=O)CC(c1ccco1)C3. The van der Waals surface area contributed by atoms with Gasteiger partial charge in [-0.15, -0.1) is 10.2 Å². The molecule has 30 heavy (non-hydrogen) atoms. The van der Waals surface area contributed by atoms with Crippen LogP contribution in [-0.4, -0.2) is 39.8 Å². The first kappa shape index (κ1) is 18.5. The van der Waals surface area contributed by atoms with Crippen molar-refractivity contribution in [2.24, 2.45) is 0 Å². The Morgan fingerprint density at radius 3 is 2.77 bits per heavy atom. The molecule has 1 aliphatic carbocycles. The van der Waals surface area contributed by atoms with E-state index in [-0.39, 0.29) is 11.7 Å². The number of furan rings is 1. The third-order valence-electron chi connectivity index (χ3n) is 5.45. The summed E-state index contributed by atoms with van der Waals surface area (Å²) >= 11 is 0. The largest absolute Gasteiger partial charge is 0.496 e. The summed E-state index contributed by atoms with van der Waals surface area (Å²) in [6.07, 6.45) is 2.55. The Kier molecular flexibility index (Phi) is 4.55. The molecule has 1 atom stereocenters. The summed E-state index contributed by atoms with van der Waals surface area (Å²) in [7, 11) is 3.24. The number of carbonyl (C=O) groups excluding carboxylic acids is 1. The molecule has 3 aromatic heterocycles. The highest BCUT2D eigenvalue weighted by Crippen LogP contribution is 2.37. The number of fused-ring (bicyclic) bond motifs is 3. The van der Waals surface area contributed by atoms with Crippen LogP contribution in [0.5, 0.6) is 5.75 Å². The lowest BCUT2D eigenvalue weighted by Gasteiger charge is -2.21.